The molecule has 84 valence electrons. The minimum absolute atomic E-state index is 0.293. The molecular weight excluding hydrogens is 272 g/mol. The van der Waals surface area contributed by atoms with Crippen LogP contribution < -0.4 is 0 Å². The van der Waals surface area contributed by atoms with Gasteiger partial charge in [0.15, 0.2) is 0 Å². The molecule has 0 aromatic heterocycles. The molecule has 2 rings (SSSR count). The van der Waals surface area contributed by atoms with E-state index in [2.05, 4.69) is 15.9 Å². The van der Waals surface area contributed by atoms with Gasteiger partial charge in [-0.25, -0.2) is 4.79 Å². The third kappa shape index (κ3) is 2.03. The summed E-state index contributed by atoms with van der Waals surface area (Å²) in [5.74, 6) is -0.932. The van der Waals surface area contributed by atoms with Gasteiger partial charge in [-0.15, -0.1) is 0 Å². The Morgan fingerprint density at radius 2 is 2.12 bits per heavy atom. The zero-order valence-electron chi connectivity index (χ0n) is 8.52. The number of carboxylic acids is 1. The topological polar surface area (TPSA) is 46.5 Å². The monoisotopic (exact) mass is 282 g/mol. The third-order valence-corrected chi connectivity index (χ3v) is 3.37. The molecule has 1 aromatic carbocycles. The fourth-order valence-electron chi connectivity index (χ4n) is 1.76. The Balaban J connectivity index is 2.35. The molecule has 0 spiro atoms. The van der Waals surface area contributed by atoms with Crippen molar-refractivity contribution in [2.75, 3.05) is 13.2 Å². The molecule has 1 N–H and O–H groups in total. The zero-order chi connectivity index (χ0) is 11.6. The molecule has 0 amide bonds. The first kappa shape index (κ1) is 11.4. The highest BCUT2D eigenvalue weighted by molar-refractivity contribution is 9.10. The van der Waals surface area contributed by atoms with E-state index >= 15 is 0 Å². The SMILES string of the molecule is O=C(O)/C=C/C1(c2ccccc2Br)COC1. The van der Waals surface area contributed by atoms with E-state index in [1.807, 2.05) is 24.3 Å². The highest BCUT2D eigenvalue weighted by atomic mass is 79.9. The summed E-state index contributed by atoms with van der Waals surface area (Å²) in [7, 11) is 0. The quantitative estimate of drug-likeness (QED) is 0.866. The summed E-state index contributed by atoms with van der Waals surface area (Å²) in [5, 5.41) is 8.67. The molecule has 0 bridgehead atoms. The molecule has 16 heavy (non-hydrogen) atoms. The third-order valence-electron chi connectivity index (χ3n) is 2.67. The predicted molar refractivity (Wildman–Crippen MR) is 63.4 cm³/mol. The fraction of sp³-hybridized carbons (Fsp3) is 0.250. The second kappa shape index (κ2) is 4.39. The van der Waals surface area contributed by atoms with Gasteiger partial charge in [0, 0.05) is 10.5 Å². The second-order valence-corrected chi connectivity index (χ2v) is 4.65. The highest BCUT2D eigenvalue weighted by Gasteiger charge is 2.39. The molecule has 0 atom stereocenters. The van der Waals surface area contributed by atoms with Crippen molar-refractivity contribution in [3.8, 4) is 0 Å². The van der Waals surface area contributed by atoms with Crippen molar-refractivity contribution in [2.45, 2.75) is 5.41 Å². The minimum atomic E-state index is -0.932. The number of carbonyl (C=O) groups is 1. The fourth-order valence-corrected chi connectivity index (χ4v) is 2.44. The Morgan fingerprint density at radius 1 is 1.44 bits per heavy atom. The number of hydrogen-bond donors (Lipinski definition) is 1. The number of aliphatic carboxylic acids is 1. The lowest BCUT2D eigenvalue weighted by molar-refractivity contribution is -0.131. The molecule has 1 aliphatic rings. The van der Waals surface area contributed by atoms with Gasteiger partial charge in [-0.1, -0.05) is 40.2 Å². The molecule has 1 aromatic rings. The molecule has 0 saturated carbocycles. The first-order valence-electron chi connectivity index (χ1n) is 4.89. The van der Waals surface area contributed by atoms with Gasteiger partial charge in [0.2, 0.25) is 0 Å². The van der Waals surface area contributed by atoms with Crippen LogP contribution in [0.3, 0.4) is 0 Å². The molecule has 0 unspecified atom stereocenters. The van der Waals surface area contributed by atoms with Gasteiger partial charge in [-0.2, -0.15) is 0 Å². The summed E-state index contributed by atoms with van der Waals surface area (Å²) in [5.41, 5.74) is 0.775. The average Bonchev–Trinajstić information content (AvgIpc) is 2.18. The number of benzene rings is 1. The summed E-state index contributed by atoms with van der Waals surface area (Å²) in [6.45, 7) is 1.05. The Morgan fingerprint density at radius 3 is 2.62 bits per heavy atom. The number of ether oxygens (including phenoxy) is 1. The maximum Gasteiger partial charge on any atom is 0.328 e. The van der Waals surface area contributed by atoms with Crippen molar-refractivity contribution in [1.82, 2.24) is 0 Å². The molecule has 1 aliphatic heterocycles. The van der Waals surface area contributed by atoms with E-state index in [4.69, 9.17) is 9.84 Å². The van der Waals surface area contributed by atoms with Crippen LogP contribution in [0, 0.1) is 0 Å². The molecule has 3 nitrogen and oxygen atoms in total. The summed E-state index contributed by atoms with van der Waals surface area (Å²) >= 11 is 3.48. The lowest BCUT2D eigenvalue weighted by atomic mass is 9.78. The van der Waals surface area contributed by atoms with Gasteiger partial charge in [0.05, 0.1) is 18.6 Å². The molecular formula is C12H11BrO3. The maximum atomic E-state index is 10.6. The van der Waals surface area contributed by atoms with E-state index in [9.17, 15) is 4.79 Å². The van der Waals surface area contributed by atoms with Crippen LogP contribution in [0.1, 0.15) is 5.56 Å². The van der Waals surface area contributed by atoms with Crippen molar-refractivity contribution < 1.29 is 14.6 Å². The number of hydrogen-bond acceptors (Lipinski definition) is 2. The van der Waals surface area contributed by atoms with Crippen LogP contribution in [0.25, 0.3) is 0 Å². The van der Waals surface area contributed by atoms with Crippen LogP contribution in [0.15, 0.2) is 40.9 Å². The molecule has 1 heterocycles. The summed E-state index contributed by atoms with van der Waals surface area (Å²) in [6, 6.07) is 7.80. The van der Waals surface area contributed by atoms with E-state index in [-0.39, 0.29) is 5.41 Å². The Bertz CT molecular complexity index is 436. The molecule has 4 heteroatoms. The summed E-state index contributed by atoms with van der Waals surface area (Å²) in [6.07, 6.45) is 2.89. The Kier molecular flexibility index (Phi) is 3.12. The number of carboxylic acid groups (broad SMARTS) is 1. The van der Waals surface area contributed by atoms with E-state index < -0.39 is 5.97 Å². The summed E-state index contributed by atoms with van der Waals surface area (Å²) < 4.78 is 6.19. The molecule has 0 aliphatic carbocycles. The average molecular weight is 283 g/mol. The number of rotatable bonds is 3. The normalized spacial score (nSPS) is 18.3. The van der Waals surface area contributed by atoms with E-state index in [0.29, 0.717) is 13.2 Å². The molecule has 1 fully saturated rings. The van der Waals surface area contributed by atoms with Gasteiger partial charge >= 0.3 is 5.97 Å². The van der Waals surface area contributed by atoms with Crippen molar-refractivity contribution in [3.05, 3.63) is 46.5 Å². The van der Waals surface area contributed by atoms with Crippen LogP contribution in [0.4, 0.5) is 0 Å². The van der Waals surface area contributed by atoms with Gasteiger partial charge in [0.1, 0.15) is 0 Å². The van der Waals surface area contributed by atoms with Gasteiger partial charge < -0.3 is 9.84 Å². The predicted octanol–water partition coefficient (Wildman–Crippen LogP) is 2.36. The lowest BCUT2D eigenvalue weighted by Crippen LogP contribution is -2.45. The van der Waals surface area contributed by atoms with E-state index in [1.165, 1.54) is 6.08 Å². The van der Waals surface area contributed by atoms with Crippen LogP contribution in [-0.2, 0) is 14.9 Å². The van der Waals surface area contributed by atoms with Crippen molar-refractivity contribution in [3.63, 3.8) is 0 Å². The zero-order valence-corrected chi connectivity index (χ0v) is 10.1. The Labute approximate surface area is 102 Å². The standard InChI is InChI=1S/C12H11BrO3/c13-10-4-2-1-3-9(10)12(7-16-8-12)6-5-11(14)15/h1-6H,7-8H2,(H,14,15)/b6-5+. The minimum Gasteiger partial charge on any atom is -0.478 e. The molecule has 1 saturated heterocycles. The highest BCUT2D eigenvalue weighted by Crippen LogP contribution is 2.37. The van der Waals surface area contributed by atoms with Crippen LogP contribution in [-0.4, -0.2) is 24.3 Å². The largest absolute Gasteiger partial charge is 0.478 e. The van der Waals surface area contributed by atoms with Gasteiger partial charge in [-0.3, -0.25) is 0 Å². The first-order valence-corrected chi connectivity index (χ1v) is 5.68. The van der Waals surface area contributed by atoms with E-state index in [0.717, 1.165) is 10.0 Å². The van der Waals surface area contributed by atoms with E-state index in [1.54, 1.807) is 6.08 Å². The van der Waals surface area contributed by atoms with Crippen molar-refractivity contribution >= 4 is 21.9 Å². The van der Waals surface area contributed by atoms with Crippen molar-refractivity contribution in [1.29, 1.82) is 0 Å². The van der Waals surface area contributed by atoms with Gasteiger partial charge in [-0.05, 0) is 11.6 Å². The Hall–Kier alpha value is -1.13. The lowest BCUT2D eigenvalue weighted by Gasteiger charge is -2.40. The van der Waals surface area contributed by atoms with Crippen LogP contribution >= 0.6 is 15.9 Å². The number of halogens is 1. The maximum absolute atomic E-state index is 10.6. The smallest absolute Gasteiger partial charge is 0.328 e. The van der Waals surface area contributed by atoms with Crippen molar-refractivity contribution in [2.24, 2.45) is 0 Å². The van der Waals surface area contributed by atoms with Crippen LogP contribution in [0.2, 0.25) is 0 Å². The van der Waals surface area contributed by atoms with Gasteiger partial charge in [0.25, 0.3) is 0 Å². The summed E-state index contributed by atoms with van der Waals surface area (Å²) in [4.78, 5) is 10.6. The van der Waals surface area contributed by atoms with Crippen LogP contribution in [0.5, 0.6) is 0 Å². The second-order valence-electron chi connectivity index (χ2n) is 3.80. The first-order chi connectivity index (χ1) is 7.64. The molecule has 0 radical (unpaired) electrons.